The van der Waals surface area contributed by atoms with Gasteiger partial charge in [0.1, 0.15) is 5.82 Å². The van der Waals surface area contributed by atoms with Gasteiger partial charge in [0, 0.05) is 12.2 Å². The lowest BCUT2D eigenvalue weighted by Crippen LogP contribution is -2.29. The number of alkyl halides is 3. The van der Waals surface area contributed by atoms with Crippen molar-refractivity contribution in [1.29, 1.82) is 0 Å². The summed E-state index contributed by atoms with van der Waals surface area (Å²) in [5.74, 6) is 0.594. The lowest BCUT2D eigenvalue weighted by atomic mass is 10.0. The van der Waals surface area contributed by atoms with Crippen molar-refractivity contribution >= 4 is 5.82 Å². The zero-order valence-electron chi connectivity index (χ0n) is 9.87. The summed E-state index contributed by atoms with van der Waals surface area (Å²) in [6.07, 6.45) is -0.148. The second-order valence-electron chi connectivity index (χ2n) is 4.61. The Balaban J connectivity index is 2.10. The summed E-state index contributed by atoms with van der Waals surface area (Å²) < 4.78 is 37.6. The van der Waals surface area contributed by atoms with Crippen molar-refractivity contribution in [2.24, 2.45) is 11.7 Å². The van der Waals surface area contributed by atoms with Gasteiger partial charge < -0.3 is 11.1 Å². The van der Waals surface area contributed by atoms with Crippen molar-refractivity contribution in [3.05, 3.63) is 23.9 Å². The summed E-state index contributed by atoms with van der Waals surface area (Å²) in [7, 11) is 0. The van der Waals surface area contributed by atoms with Gasteiger partial charge in [-0.05, 0) is 37.4 Å². The molecule has 3 N–H and O–H groups in total. The van der Waals surface area contributed by atoms with Crippen LogP contribution in [0, 0.1) is 5.92 Å². The zero-order valence-corrected chi connectivity index (χ0v) is 9.87. The highest BCUT2D eigenvalue weighted by Gasteiger charge is 2.31. The van der Waals surface area contributed by atoms with E-state index >= 15 is 0 Å². The molecule has 1 aliphatic carbocycles. The van der Waals surface area contributed by atoms with E-state index in [1.54, 1.807) is 0 Å². The predicted octanol–water partition coefficient (Wildman–Crippen LogP) is 2.64. The number of aromatic nitrogens is 1. The quantitative estimate of drug-likeness (QED) is 0.877. The first-order chi connectivity index (χ1) is 8.50. The Hall–Kier alpha value is -1.30. The minimum atomic E-state index is -4.33. The summed E-state index contributed by atoms with van der Waals surface area (Å²) in [4.78, 5) is 3.93. The summed E-state index contributed by atoms with van der Waals surface area (Å²) in [6.45, 7) is 0.552. The summed E-state index contributed by atoms with van der Waals surface area (Å²) in [6, 6.07) is 2.15. The zero-order chi connectivity index (χ0) is 13.2. The highest BCUT2D eigenvalue weighted by atomic mass is 19.4. The standard InChI is InChI=1S/C12H16F3N3/c13-12(14,15)9-4-5-17-11(6-9)18-10-3-1-2-8(10)7-16/h4-6,8,10H,1-3,7,16H2,(H,17,18). The molecule has 1 aromatic rings. The molecule has 18 heavy (non-hydrogen) atoms. The van der Waals surface area contributed by atoms with E-state index in [1.807, 2.05) is 0 Å². The number of nitrogens with one attached hydrogen (secondary N) is 1. The van der Waals surface area contributed by atoms with Crippen LogP contribution in [0.5, 0.6) is 0 Å². The van der Waals surface area contributed by atoms with E-state index in [2.05, 4.69) is 10.3 Å². The van der Waals surface area contributed by atoms with E-state index < -0.39 is 11.7 Å². The molecular formula is C12H16F3N3. The first-order valence-electron chi connectivity index (χ1n) is 6.00. The van der Waals surface area contributed by atoms with Gasteiger partial charge in [0.05, 0.1) is 5.56 Å². The third-order valence-corrected chi connectivity index (χ3v) is 3.38. The normalized spacial score (nSPS) is 24.2. The van der Waals surface area contributed by atoms with E-state index in [-0.39, 0.29) is 11.9 Å². The van der Waals surface area contributed by atoms with Crippen molar-refractivity contribution in [2.75, 3.05) is 11.9 Å². The molecule has 1 saturated carbocycles. The number of halogens is 3. The Bertz CT molecular complexity index is 406. The minimum absolute atomic E-state index is 0.131. The van der Waals surface area contributed by atoms with Crippen molar-refractivity contribution in [2.45, 2.75) is 31.5 Å². The molecule has 2 rings (SSSR count). The van der Waals surface area contributed by atoms with Crippen molar-refractivity contribution in [3.8, 4) is 0 Å². The fourth-order valence-electron chi connectivity index (χ4n) is 2.38. The molecule has 3 nitrogen and oxygen atoms in total. The molecular weight excluding hydrogens is 243 g/mol. The smallest absolute Gasteiger partial charge is 0.367 e. The van der Waals surface area contributed by atoms with Gasteiger partial charge in [0.2, 0.25) is 0 Å². The van der Waals surface area contributed by atoms with Crippen LogP contribution in [0.4, 0.5) is 19.0 Å². The maximum atomic E-state index is 12.5. The lowest BCUT2D eigenvalue weighted by molar-refractivity contribution is -0.137. The van der Waals surface area contributed by atoms with Gasteiger partial charge in [-0.3, -0.25) is 0 Å². The third-order valence-electron chi connectivity index (χ3n) is 3.38. The molecule has 1 fully saturated rings. The molecule has 1 aliphatic rings. The molecule has 0 spiro atoms. The fourth-order valence-corrected chi connectivity index (χ4v) is 2.38. The largest absolute Gasteiger partial charge is 0.416 e. The lowest BCUT2D eigenvalue weighted by Gasteiger charge is -2.20. The average molecular weight is 259 g/mol. The SMILES string of the molecule is NCC1CCCC1Nc1cc(C(F)(F)F)ccn1. The minimum Gasteiger partial charge on any atom is -0.367 e. The number of nitrogens with zero attached hydrogens (tertiary/aromatic N) is 1. The maximum Gasteiger partial charge on any atom is 0.416 e. The molecule has 0 amide bonds. The van der Waals surface area contributed by atoms with Gasteiger partial charge >= 0.3 is 6.18 Å². The molecule has 1 aromatic heterocycles. The molecule has 6 heteroatoms. The second kappa shape index (κ2) is 5.14. The van der Waals surface area contributed by atoms with Crippen LogP contribution in [-0.4, -0.2) is 17.6 Å². The first kappa shape index (κ1) is 13.1. The van der Waals surface area contributed by atoms with Gasteiger partial charge in [0.25, 0.3) is 0 Å². The van der Waals surface area contributed by atoms with Gasteiger partial charge in [-0.15, -0.1) is 0 Å². The molecule has 0 saturated heterocycles. The van der Waals surface area contributed by atoms with E-state index in [4.69, 9.17) is 5.73 Å². The third kappa shape index (κ3) is 2.93. The van der Waals surface area contributed by atoms with E-state index in [1.165, 1.54) is 6.20 Å². The first-order valence-corrected chi connectivity index (χ1v) is 6.00. The van der Waals surface area contributed by atoms with Gasteiger partial charge in [-0.1, -0.05) is 6.42 Å². The van der Waals surface area contributed by atoms with Crippen molar-refractivity contribution in [3.63, 3.8) is 0 Å². The Kier molecular flexibility index (Phi) is 3.75. The number of hydrogen-bond donors (Lipinski definition) is 2. The van der Waals surface area contributed by atoms with Crippen molar-refractivity contribution in [1.82, 2.24) is 4.98 Å². The monoisotopic (exact) mass is 259 g/mol. The number of hydrogen-bond acceptors (Lipinski definition) is 3. The number of pyridine rings is 1. The van der Waals surface area contributed by atoms with Crippen LogP contribution in [0.1, 0.15) is 24.8 Å². The number of nitrogens with two attached hydrogens (primary N) is 1. The Morgan fingerprint density at radius 1 is 1.39 bits per heavy atom. The predicted molar refractivity (Wildman–Crippen MR) is 63.0 cm³/mol. The van der Waals surface area contributed by atoms with Gasteiger partial charge in [0.15, 0.2) is 0 Å². The molecule has 100 valence electrons. The fraction of sp³-hybridized carbons (Fsp3) is 0.583. The van der Waals surface area contributed by atoms with Crippen LogP contribution >= 0.6 is 0 Å². The molecule has 0 aliphatic heterocycles. The highest BCUT2D eigenvalue weighted by molar-refractivity contribution is 5.40. The summed E-state index contributed by atoms with van der Waals surface area (Å²) in [5, 5.41) is 3.06. The Labute approximate surface area is 104 Å². The van der Waals surface area contributed by atoms with E-state index in [9.17, 15) is 13.2 Å². The number of rotatable bonds is 3. The highest BCUT2D eigenvalue weighted by Crippen LogP contribution is 2.31. The summed E-state index contributed by atoms with van der Waals surface area (Å²) in [5.41, 5.74) is 4.96. The van der Waals surface area contributed by atoms with Crippen LogP contribution in [0.25, 0.3) is 0 Å². The molecule has 0 aromatic carbocycles. The molecule has 2 atom stereocenters. The van der Waals surface area contributed by atoms with Crippen molar-refractivity contribution < 1.29 is 13.2 Å². The second-order valence-corrected chi connectivity index (χ2v) is 4.61. The number of anilines is 1. The molecule has 0 bridgehead atoms. The summed E-state index contributed by atoms with van der Waals surface area (Å²) >= 11 is 0. The van der Waals surface area contributed by atoms with Crippen LogP contribution in [-0.2, 0) is 6.18 Å². The van der Waals surface area contributed by atoms with Crippen LogP contribution < -0.4 is 11.1 Å². The average Bonchev–Trinajstić information content (AvgIpc) is 2.75. The van der Waals surface area contributed by atoms with Crippen LogP contribution in [0.2, 0.25) is 0 Å². The van der Waals surface area contributed by atoms with Gasteiger partial charge in [-0.2, -0.15) is 13.2 Å². The topological polar surface area (TPSA) is 50.9 Å². The molecule has 2 unspecified atom stereocenters. The molecule has 1 heterocycles. The van der Waals surface area contributed by atoms with Gasteiger partial charge in [-0.25, -0.2) is 4.98 Å². The van der Waals surface area contributed by atoms with Crippen LogP contribution in [0.15, 0.2) is 18.3 Å². The van der Waals surface area contributed by atoms with E-state index in [0.717, 1.165) is 31.4 Å². The molecule has 0 radical (unpaired) electrons. The maximum absolute atomic E-state index is 12.5. The Morgan fingerprint density at radius 3 is 2.83 bits per heavy atom. The Morgan fingerprint density at radius 2 is 2.17 bits per heavy atom. The van der Waals surface area contributed by atoms with Crippen LogP contribution in [0.3, 0.4) is 0 Å². The van der Waals surface area contributed by atoms with E-state index in [0.29, 0.717) is 12.5 Å².